The van der Waals surface area contributed by atoms with E-state index in [-0.39, 0.29) is 10.8 Å². The first-order chi connectivity index (χ1) is 18.4. The average molecular weight is 528 g/mol. The number of sulfonamides is 1. The SMILES string of the molecule is CC(=O)N1CCCc2cc(S(=O)(=O)N3CCN(c4ccc(-c5cccc6ccccc56)nn4)CC3)ccc21. The van der Waals surface area contributed by atoms with Gasteiger partial charge in [-0.05, 0) is 59.5 Å². The lowest BCUT2D eigenvalue weighted by Gasteiger charge is -2.35. The Morgan fingerprint density at radius 3 is 2.39 bits per heavy atom. The molecule has 2 aliphatic rings. The number of piperazine rings is 1. The van der Waals surface area contributed by atoms with E-state index in [1.54, 1.807) is 30.0 Å². The summed E-state index contributed by atoms with van der Waals surface area (Å²) in [6.45, 7) is 4.01. The minimum absolute atomic E-state index is 0.0223. The third-order valence-corrected chi connectivity index (χ3v) is 9.36. The first-order valence-corrected chi connectivity index (χ1v) is 14.3. The van der Waals surface area contributed by atoms with Crippen LogP contribution in [0.25, 0.3) is 22.0 Å². The molecule has 0 atom stereocenters. The summed E-state index contributed by atoms with van der Waals surface area (Å²) in [5, 5.41) is 11.3. The number of fused-ring (bicyclic) bond motifs is 2. The number of hydrogen-bond donors (Lipinski definition) is 0. The molecular weight excluding hydrogens is 498 g/mol. The monoisotopic (exact) mass is 527 g/mol. The second kappa shape index (κ2) is 9.81. The summed E-state index contributed by atoms with van der Waals surface area (Å²) in [5.41, 5.74) is 3.57. The number of carbonyl (C=O) groups excluding carboxylic acids is 1. The van der Waals surface area contributed by atoms with Gasteiger partial charge >= 0.3 is 0 Å². The van der Waals surface area contributed by atoms with Gasteiger partial charge in [-0.15, -0.1) is 10.2 Å². The molecule has 3 heterocycles. The molecule has 4 aromatic rings. The van der Waals surface area contributed by atoms with Crippen molar-refractivity contribution in [2.24, 2.45) is 0 Å². The summed E-state index contributed by atoms with van der Waals surface area (Å²) in [4.78, 5) is 16.0. The molecule has 194 valence electrons. The molecule has 3 aromatic carbocycles. The number of aromatic nitrogens is 2. The second-order valence-electron chi connectivity index (χ2n) is 9.76. The number of rotatable bonds is 4. The van der Waals surface area contributed by atoms with E-state index < -0.39 is 10.0 Å². The fourth-order valence-corrected chi connectivity index (χ4v) is 6.93. The maximum atomic E-state index is 13.4. The summed E-state index contributed by atoms with van der Waals surface area (Å²) < 4.78 is 28.4. The highest BCUT2D eigenvalue weighted by atomic mass is 32.2. The standard InChI is InChI=1S/C29H29N5O3S/c1-21(35)34-15-5-8-23-20-24(11-13-28(23)34)38(36,37)33-18-16-32(17-19-33)29-14-12-27(30-31-29)26-10-4-7-22-6-2-3-9-25(22)26/h2-4,6-7,9-14,20H,5,8,15-19H2,1H3. The number of carbonyl (C=O) groups is 1. The minimum atomic E-state index is -3.64. The van der Waals surface area contributed by atoms with Gasteiger partial charge in [0, 0.05) is 50.9 Å². The highest BCUT2D eigenvalue weighted by Gasteiger charge is 2.30. The lowest BCUT2D eigenvalue weighted by Crippen LogP contribution is -2.49. The summed E-state index contributed by atoms with van der Waals surface area (Å²) in [5.74, 6) is 0.718. The fraction of sp³-hybridized carbons (Fsp3) is 0.276. The van der Waals surface area contributed by atoms with Crippen LogP contribution >= 0.6 is 0 Å². The van der Waals surface area contributed by atoms with Crippen LogP contribution in [0, 0.1) is 0 Å². The molecule has 0 aliphatic carbocycles. The van der Waals surface area contributed by atoms with E-state index in [0.717, 1.165) is 51.9 Å². The summed E-state index contributed by atoms with van der Waals surface area (Å²) in [6.07, 6.45) is 1.60. The Labute approximate surface area is 222 Å². The Morgan fingerprint density at radius 1 is 0.842 bits per heavy atom. The van der Waals surface area contributed by atoms with Crippen LogP contribution in [0.1, 0.15) is 18.9 Å². The molecule has 1 saturated heterocycles. The zero-order chi connectivity index (χ0) is 26.3. The summed E-state index contributed by atoms with van der Waals surface area (Å²) >= 11 is 0. The molecule has 0 spiro atoms. The zero-order valence-electron chi connectivity index (χ0n) is 21.2. The van der Waals surface area contributed by atoms with Crippen molar-refractivity contribution in [1.29, 1.82) is 0 Å². The van der Waals surface area contributed by atoms with E-state index >= 15 is 0 Å². The van der Waals surface area contributed by atoms with Crippen LogP contribution in [0.5, 0.6) is 0 Å². The van der Waals surface area contributed by atoms with Gasteiger partial charge in [-0.25, -0.2) is 8.42 Å². The van der Waals surface area contributed by atoms with Gasteiger partial charge in [-0.3, -0.25) is 4.79 Å². The fourth-order valence-electron chi connectivity index (χ4n) is 5.45. The van der Waals surface area contributed by atoms with E-state index in [1.165, 1.54) is 4.31 Å². The van der Waals surface area contributed by atoms with Gasteiger partial charge in [0.2, 0.25) is 15.9 Å². The van der Waals surface area contributed by atoms with Crippen LogP contribution in [-0.4, -0.2) is 61.6 Å². The van der Waals surface area contributed by atoms with E-state index in [1.807, 2.05) is 36.4 Å². The lowest BCUT2D eigenvalue weighted by atomic mass is 10.0. The van der Waals surface area contributed by atoms with Crippen molar-refractivity contribution in [3.63, 3.8) is 0 Å². The van der Waals surface area contributed by atoms with Crippen LogP contribution in [0.2, 0.25) is 0 Å². The highest BCUT2D eigenvalue weighted by Crippen LogP contribution is 2.31. The molecule has 0 radical (unpaired) electrons. The molecule has 1 aromatic heterocycles. The van der Waals surface area contributed by atoms with Gasteiger partial charge in [0.25, 0.3) is 0 Å². The molecule has 0 bridgehead atoms. The van der Waals surface area contributed by atoms with Crippen molar-refractivity contribution in [3.8, 4) is 11.3 Å². The molecule has 2 aliphatic heterocycles. The molecule has 6 rings (SSSR count). The molecule has 8 nitrogen and oxygen atoms in total. The van der Waals surface area contributed by atoms with E-state index in [9.17, 15) is 13.2 Å². The van der Waals surface area contributed by atoms with Crippen molar-refractivity contribution in [1.82, 2.24) is 14.5 Å². The van der Waals surface area contributed by atoms with Gasteiger partial charge in [-0.2, -0.15) is 4.31 Å². The molecule has 1 amide bonds. The van der Waals surface area contributed by atoms with E-state index in [0.29, 0.717) is 32.7 Å². The maximum Gasteiger partial charge on any atom is 0.243 e. The molecule has 1 fully saturated rings. The van der Waals surface area contributed by atoms with Crippen LogP contribution in [0.4, 0.5) is 11.5 Å². The molecule has 38 heavy (non-hydrogen) atoms. The maximum absolute atomic E-state index is 13.4. The molecule has 0 saturated carbocycles. The molecular formula is C29H29N5O3S. The molecule has 0 N–H and O–H groups in total. The van der Waals surface area contributed by atoms with Crippen molar-refractivity contribution >= 4 is 38.2 Å². The van der Waals surface area contributed by atoms with Crippen molar-refractivity contribution in [2.45, 2.75) is 24.7 Å². The zero-order valence-corrected chi connectivity index (χ0v) is 22.1. The van der Waals surface area contributed by atoms with Gasteiger partial charge in [0.15, 0.2) is 5.82 Å². The van der Waals surface area contributed by atoms with Crippen LogP contribution in [-0.2, 0) is 21.2 Å². The summed E-state index contributed by atoms with van der Waals surface area (Å²) in [6, 6.07) is 23.4. The smallest absolute Gasteiger partial charge is 0.243 e. The minimum Gasteiger partial charge on any atom is -0.352 e. The third-order valence-electron chi connectivity index (χ3n) is 7.47. The highest BCUT2D eigenvalue weighted by molar-refractivity contribution is 7.89. The predicted molar refractivity (Wildman–Crippen MR) is 149 cm³/mol. The first kappa shape index (κ1) is 24.5. The topological polar surface area (TPSA) is 86.7 Å². The third kappa shape index (κ3) is 4.41. The van der Waals surface area contributed by atoms with Crippen molar-refractivity contribution < 1.29 is 13.2 Å². The number of anilines is 2. The number of hydrogen-bond acceptors (Lipinski definition) is 6. The van der Waals surface area contributed by atoms with Crippen LogP contribution in [0.3, 0.4) is 0 Å². The molecule has 0 unspecified atom stereocenters. The Kier molecular flexibility index (Phi) is 6.33. The van der Waals surface area contributed by atoms with Gasteiger partial charge in [0.1, 0.15) is 0 Å². The lowest BCUT2D eigenvalue weighted by molar-refractivity contribution is -0.116. The summed E-state index contributed by atoms with van der Waals surface area (Å²) in [7, 11) is -3.64. The predicted octanol–water partition coefficient (Wildman–Crippen LogP) is 4.11. The average Bonchev–Trinajstić information content (AvgIpc) is 2.96. The van der Waals surface area contributed by atoms with Crippen LogP contribution < -0.4 is 9.80 Å². The number of benzene rings is 3. The van der Waals surface area contributed by atoms with Crippen molar-refractivity contribution in [3.05, 3.63) is 78.4 Å². The Morgan fingerprint density at radius 2 is 1.63 bits per heavy atom. The Hall–Kier alpha value is -3.82. The van der Waals surface area contributed by atoms with Gasteiger partial charge < -0.3 is 9.80 Å². The quantitative estimate of drug-likeness (QED) is 0.397. The van der Waals surface area contributed by atoms with Gasteiger partial charge in [-0.1, -0.05) is 42.5 Å². The largest absolute Gasteiger partial charge is 0.352 e. The van der Waals surface area contributed by atoms with Crippen LogP contribution in [0.15, 0.2) is 77.7 Å². The normalized spacial score (nSPS) is 16.4. The number of amides is 1. The van der Waals surface area contributed by atoms with Crippen molar-refractivity contribution in [2.75, 3.05) is 42.5 Å². The Balaban J connectivity index is 1.16. The van der Waals surface area contributed by atoms with E-state index in [4.69, 9.17) is 0 Å². The number of aryl methyl sites for hydroxylation is 1. The number of nitrogens with zero attached hydrogens (tertiary/aromatic N) is 5. The van der Waals surface area contributed by atoms with E-state index in [2.05, 4.69) is 33.3 Å². The van der Waals surface area contributed by atoms with Gasteiger partial charge in [0.05, 0.1) is 10.6 Å². The first-order valence-electron chi connectivity index (χ1n) is 12.9. The second-order valence-corrected chi connectivity index (χ2v) is 11.7. The Bertz CT molecular complexity index is 1610. The molecule has 9 heteroatoms.